The molecule has 0 unspecified atom stereocenters. The summed E-state index contributed by atoms with van der Waals surface area (Å²) in [6.07, 6.45) is 1.77. The van der Waals surface area contributed by atoms with E-state index in [0.717, 1.165) is 17.2 Å². The molecule has 0 fully saturated rings. The van der Waals surface area contributed by atoms with Crippen molar-refractivity contribution in [2.75, 3.05) is 12.4 Å². The second-order valence-electron chi connectivity index (χ2n) is 3.51. The maximum absolute atomic E-state index is 6.09. The quantitative estimate of drug-likeness (QED) is 0.890. The van der Waals surface area contributed by atoms with Gasteiger partial charge < -0.3 is 5.32 Å². The van der Waals surface area contributed by atoms with E-state index in [4.69, 9.17) is 11.6 Å². The first-order valence-corrected chi connectivity index (χ1v) is 5.40. The predicted octanol–water partition coefficient (Wildman–Crippen LogP) is 2.33. The molecule has 5 heteroatoms. The normalized spacial score (nSPS) is 10.4. The van der Waals surface area contributed by atoms with E-state index in [1.165, 1.54) is 0 Å². The van der Waals surface area contributed by atoms with Crippen molar-refractivity contribution in [3.8, 4) is 0 Å². The fourth-order valence-corrected chi connectivity index (χ4v) is 1.61. The molecule has 0 aliphatic heterocycles. The summed E-state index contributed by atoms with van der Waals surface area (Å²) < 4.78 is 1.87. The van der Waals surface area contributed by atoms with Crippen molar-refractivity contribution in [1.29, 1.82) is 0 Å². The van der Waals surface area contributed by atoms with Crippen molar-refractivity contribution >= 4 is 17.4 Å². The van der Waals surface area contributed by atoms with Crippen LogP contribution in [-0.2, 0) is 6.54 Å². The van der Waals surface area contributed by atoms with Gasteiger partial charge in [0.25, 0.3) is 0 Å². The van der Waals surface area contributed by atoms with Crippen molar-refractivity contribution < 1.29 is 0 Å². The summed E-state index contributed by atoms with van der Waals surface area (Å²) in [6.45, 7) is 2.59. The van der Waals surface area contributed by atoms with Crippen molar-refractivity contribution in [3.63, 3.8) is 0 Å². The number of rotatable bonds is 3. The molecule has 0 aliphatic rings. The summed E-state index contributed by atoms with van der Waals surface area (Å²) in [7, 11) is 1.83. The third-order valence-corrected chi connectivity index (χ3v) is 2.75. The van der Waals surface area contributed by atoms with Crippen molar-refractivity contribution in [2.45, 2.75) is 13.5 Å². The zero-order valence-electron chi connectivity index (χ0n) is 9.24. The minimum Gasteiger partial charge on any atom is -0.373 e. The van der Waals surface area contributed by atoms with E-state index < -0.39 is 0 Å². The Morgan fingerprint density at radius 3 is 2.81 bits per heavy atom. The lowest BCUT2D eigenvalue weighted by Gasteiger charge is -2.08. The van der Waals surface area contributed by atoms with E-state index in [-0.39, 0.29) is 0 Å². The molecule has 0 amide bonds. The average molecular weight is 237 g/mol. The fraction of sp³-hybridized carbons (Fsp3) is 0.273. The smallest absolute Gasteiger partial charge is 0.126 e. The van der Waals surface area contributed by atoms with Crippen LogP contribution in [0.4, 0.5) is 5.82 Å². The van der Waals surface area contributed by atoms with Crippen molar-refractivity contribution in [2.24, 2.45) is 0 Å². The molecule has 0 aromatic carbocycles. The lowest BCUT2D eigenvalue weighted by Crippen LogP contribution is -2.07. The average Bonchev–Trinajstić information content (AvgIpc) is 2.68. The van der Waals surface area contributed by atoms with Gasteiger partial charge in [0.05, 0.1) is 17.3 Å². The number of nitrogens with zero attached hydrogens (tertiary/aromatic N) is 3. The van der Waals surface area contributed by atoms with Crippen molar-refractivity contribution in [1.82, 2.24) is 14.8 Å². The van der Waals surface area contributed by atoms with Gasteiger partial charge in [0, 0.05) is 18.9 Å². The minimum atomic E-state index is 0.590. The summed E-state index contributed by atoms with van der Waals surface area (Å²) in [6, 6.07) is 5.65. The zero-order valence-corrected chi connectivity index (χ0v) is 9.99. The van der Waals surface area contributed by atoms with Crippen LogP contribution in [0.2, 0.25) is 5.02 Å². The van der Waals surface area contributed by atoms with Crippen molar-refractivity contribution in [3.05, 3.63) is 40.8 Å². The van der Waals surface area contributed by atoms with Crippen LogP contribution in [-0.4, -0.2) is 21.8 Å². The van der Waals surface area contributed by atoms with Gasteiger partial charge in [0.15, 0.2) is 0 Å². The summed E-state index contributed by atoms with van der Waals surface area (Å²) >= 11 is 6.09. The van der Waals surface area contributed by atoms with Crippen LogP contribution < -0.4 is 5.32 Å². The monoisotopic (exact) mass is 236 g/mol. The fourth-order valence-electron chi connectivity index (χ4n) is 1.44. The molecule has 2 rings (SSSR count). The van der Waals surface area contributed by atoms with Crippen LogP contribution in [0.5, 0.6) is 0 Å². The Labute approximate surface area is 99.3 Å². The first-order valence-electron chi connectivity index (χ1n) is 5.02. The van der Waals surface area contributed by atoms with Crippen LogP contribution in [0.15, 0.2) is 24.4 Å². The lowest BCUT2D eigenvalue weighted by molar-refractivity contribution is 0.653. The number of aryl methyl sites for hydroxylation is 1. The second kappa shape index (κ2) is 4.53. The molecule has 0 bridgehead atoms. The minimum absolute atomic E-state index is 0.590. The summed E-state index contributed by atoms with van der Waals surface area (Å²) in [5, 5.41) is 7.86. The molecule has 2 heterocycles. The third kappa shape index (κ3) is 2.17. The lowest BCUT2D eigenvalue weighted by atomic mass is 10.3. The van der Waals surface area contributed by atoms with Crippen LogP contribution in [0.25, 0.3) is 0 Å². The Hall–Kier alpha value is -1.55. The molecule has 1 N–H and O–H groups in total. The van der Waals surface area contributed by atoms with Crippen LogP contribution in [0.1, 0.15) is 11.4 Å². The molecule has 0 spiro atoms. The van der Waals surface area contributed by atoms with Gasteiger partial charge in [-0.15, -0.1) is 0 Å². The number of nitrogens with one attached hydrogen (secondary N) is 1. The number of hydrogen-bond donors (Lipinski definition) is 1. The largest absolute Gasteiger partial charge is 0.373 e. The van der Waals surface area contributed by atoms with E-state index in [2.05, 4.69) is 15.4 Å². The van der Waals surface area contributed by atoms with Gasteiger partial charge in [-0.2, -0.15) is 5.10 Å². The number of hydrogen-bond acceptors (Lipinski definition) is 3. The zero-order chi connectivity index (χ0) is 11.5. The van der Waals surface area contributed by atoms with Crippen LogP contribution in [0, 0.1) is 6.92 Å². The molecular formula is C11H13ClN4. The Morgan fingerprint density at radius 1 is 1.38 bits per heavy atom. The molecule has 16 heavy (non-hydrogen) atoms. The number of pyridine rings is 1. The Kier molecular flexibility index (Phi) is 3.10. The highest BCUT2D eigenvalue weighted by molar-refractivity contribution is 6.31. The molecule has 84 valence electrons. The highest BCUT2D eigenvalue weighted by atomic mass is 35.5. The van der Waals surface area contributed by atoms with E-state index in [1.807, 2.05) is 36.9 Å². The number of anilines is 1. The first-order chi connectivity index (χ1) is 7.70. The third-order valence-electron chi connectivity index (χ3n) is 2.40. The van der Waals surface area contributed by atoms with Gasteiger partial charge in [-0.1, -0.05) is 11.6 Å². The van der Waals surface area contributed by atoms with Gasteiger partial charge in [0.2, 0.25) is 0 Å². The van der Waals surface area contributed by atoms with Gasteiger partial charge >= 0.3 is 0 Å². The van der Waals surface area contributed by atoms with Crippen LogP contribution >= 0.6 is 11.6 Å². The molecule has 4 nitrogen and oxygen atoms in total. The van der Waals surface area contributed by atoms with E-state index in [0.29, 0.717) is 11.6 Å². The van der Waals surface area contributed by atoms with Gasteiger partial charge in [-0.3, -0.25) is 4.68 Å². The van der Waals surface area contributed by atoms with Gasteiger partial charge in [0.1, 0.15) is 5.82 Å². The Morgan fingerprint density at radius 2 is 2.19 bits per heavy atom. The molecule has 0 atom stereocenters. The van der Waals surface area contributed by atoms with E-state index >= 15 is 0 Å². The Bertz CT molecular complexity index is 492. The summed E-state index contributed by atoms with van der Waals surface area (Å²) in [4.78, 5) is 4.40. The Balaban J connectivity index is 2.30. The van der Waals surface area contributed by atoms with E-state index in [1.54, 1.807) is 6.20 Å². The number of halogens is 1. The molecule has 2 aromatic rings. The molecule has 2 aromatic heterocycles. The van der Waals surface area contributed by atoms with Gasteiger partial charge in [-0.25, -0.2) is 4.98 Å². The molecule has 0 saturated carbocycles. The van der Waals surface area contributed by atoms with Crippen LogP contribution in [0.3, 0.4) is 0 Å². The molecule has 0 radical (unpaired) electrons. The maximum Gasteiger partial charge on any atom is 0.126 e. The van der Waals surface area contributed by atoms with E-state index in [9.17, 15) is 0 Å². The summed E-state index contributed by atoms with van der Waals surface area (Å²) in [5.41, 5.74) is 1.91. The first kappa shape index (κ1) is 11.0. The highest BCUT2D eigenvalue weighted by Gasteiger charge is 2.06. The van der Waals surface area contributed by atoms with Gasteiger partial charge in [-0.05, 0) is 25.1 Å². The SMILES string of the molecule is CNc1ccc(Cl)c(Cn2nccc2C)n1. The molecule has 0 saturated heterocycles. The number of aromatic nitrogens is 3. The standard InChI is InChI=1S/C11H13ClN4/c1-8-5-6-14-16(8)7-10-9(12)3-4-11(13-2)15-10/h3-6H,7H2,1-2H3,(H,13,15). The summed E-state index contributed by atoms with van der Waals surface area (Å²) in [5.74, 6) is 0.809. The molecular weight excluding hydrogens is 224 g/mol. The topological polar surface area (TPSA) is 42.7 Å². The molecule has 0 aliphatic carbocycles. The predicted molar refractivity (Wildman–Crippen MR) is 64.9 cm³/mol. The maximum atomic E-state index is 6.09. The second-order valence-corrected chi connectivity index (χ2v) is 3.91. The highest BCUT2D eigenvalue weighted by Crippen LogP contribution is 2.17.